The second-order valence-corrected chi connectivity index (χ2v) is 7.42. The van der Waals surface area contributed by atoms with Crippen molar-refractivity contribution in [2.24, 2.45) is 13.0 Å². The van der Waals surface area contributed by atoms with Gasteiger partial charge < -0.3 is 10.6 Å². The molecular formula is C20H19ClN6O. The highest BCUT2D eigenvalue weighted by atomic mass is 35.5. The van der Waals surface area contributed by atoms with Crippen molar-refractivity contribution < 1.29 is 0 Å². The van der Waals surface area contributed by atoms with Crippen LogP contribution in [0.5, 0.6) is 0 Å². The Morgan fingerprint density at radius 3 is 2.86 bits per heavy atom. The minimum Gasteiger partial charge on any atom is -0.367 e. The minimum absolute atomic E-state index is 0.151. The lowest BCUT2D eigenvalue weighted by Crippen LogP contribution is -2.25. The van der Waals surface area contributed by atoms with Gasteiger partial charge in [-0.3, -0.25) is 4.57 Å². The number of nitriles is 1. The fourth-order valence-electron chi connectivity index (χ4n) is 3.27. The molecule has 0 saturated heterocycles. The number of nitrogens with zero attached hydrogens (tertiary/aromatic N) is 4. The number of hydrogen-bond acceptors (Lipinski definition) is 6. The Kier molecular flexibility index (Phi) is 4.65. The number of benzene rings is 1. The Bertz CT molecular complexity index is 1160. The van der Waals surface area contributed by atoms with Crippen molar-refractivity contribution in [1.82, 2.24) is 14.5 Å². The predicted molar refractivity (Wildman–Crippen MR) is 110 cm³/mol. The first-order valence-electron chi connectivity index (χ1n) is 9.07. The van der Waals surface area contributed by atoms with Gasteiger partial charge in [0, 0.05) is 30.4 Å². The van der Waals surface area contributed by atoms with Crippen LogP contribution in [0.4, 0.5) is 17.2 Å². The zero-order chi connectivity index (χ0) is 19.8. The molecule has 0 bridgehead atoms. The largest absolute Gasteiger partial charge is 0.367 e. The molecule has 1 unspecified atom stereocenters. The molecule has 0 amide bonds. The van der Waals surface area contributed by atoms with E-state index in [0.717, 1.165) is 16.6 Å². The van der Waals surface area contributed by atoms with E-state index in [1.807, 2.05) is 18.2 Å². The number of rotatable bonds is 5. The molecule has 8 heteroatoms. The quantitative estimate of drug-likeness (QED) is 0.639. The summed E-state index contributed by atoms with van der Waals surface area (Å²) in [6.45, 7) is 2.11. The number of aryl methyl sites for hydroxylation is 1. The molecule has 1 aliphatic carbocycles. The van der Waals surface area contributed by atoms with Crippen molar-refractivity contribution in [2.75, 3.05) is 10.6 Å². The molecule has 1 saturated carbocycles. The number of nitrogens with one attached hydrogen (secondary N) is 2. The maximum Gasteiger partial charge on any atom is 0.349 e. The average Bonchev–Trinajstić information content (AvgIpc) is 3.51. The highest BCUT2D eigenvalue weighted by Gasteiger charge is 2.28. The maximum atomic E-state index is 12.3. The first-order valence-corrected chi connectivity index (χ1v) is 9.44. The predicted octanol–water partition coefficient (Wildman–Crippen LogP) is 3.81. The third-order valence-electron chi connectivity index (χ3n) is 5.10. The van der Waals surface area contributed by atoms with E-state index in [4.69, 9.17) is 11.6 Å². The smallest absolute Gasteiger partial charge is 0.349 e. The number of aromatic nitrogens is 3. The summed E-state index contributed by atoms with van der Waals surface area (Å²) in [7, 11) is 1.70. The van der Waals surface area contributed by atoms with Crippen LogP contribution in [-0.4, -0.2) is 20.6 Å². The van der Waals surface area contributed by atoms with Crippen LogP contribution < -0.4 is 16.3 Å². The third kappa shape index (κ3) is 3.39. The highest BCUT2D eigenvalue weighted by molar-refractivity contribution is 6.31. The molecule has 2 N–H and O–H groups in total. The van der Waals surface area contributed by atoms with Crippen LogP contribution in [0.1, 0.15) is 25.3 Å². The molecule has 0 aliphatic heterocycles. The van der Waals surface area contributed by atoms with Crippen LogP contribution in [0.25, 0.3) is 10.9 Å². The van der Waals surface area contributed by atoms with E-state index in [9.17, 15) is 10.1 Å². The van der Waals surface area contributed by atoms with Gasteiger partial charge in [-0.05, 0) is 49.9 Å². The van der Waals surface area contributed by atoms with Gasteiger partial charge in [-0.15, -0.1) is 0 Å². The summed E-state index contributed by atoms with van der Waals surface area (Å²) in [4.78, 5) is 20.4. The van der Waals surface area contributed by atoms with Gasteiger partial charge in [-0.1, -0.05) is 11.6 Å². The number of anilines is 3. The second kappa shape index (κ2) is 7.13. The molecule has 3 aromatic rings. The average molecular weight is 395 g/mol. The van der Waals surface area contributed by atoms with Crippen LogP contribution in [0.2, 0.25) is 5.15 Å². The summed E-state index contributed by atoms with van der Waals surface area (Å²) in [6, 6.07) is 9.65. The van der Waals surface area contributed by atoms with Gasteiger partial charge in [0.05, 0.1) is 11.2 Å². The van der Waals surface area contributed by atoms with E-state index in [0.29, 0.717) is 17.4 Å². The topological polar surface area (TPSA) is 95.6 Å². The Balaban J connectivity index is 1.77. The molecule has 4 rings (SSSR count). The Morgan fingerprint density at radius 2 is 2.14 bits per heavy atom. The van der Waals surface area contributed by atoms with Crippen LogP contribution in [0.15, 0.2) is 35.3 Å². The summed E-state index contributed by atoms with van der Waals surface area (Å²) >= 11 is 6.02. The van der Waals surface area contributed by atoms with Gasteiger partial charge in [0.2, 0.25) is 0 Å². The SMILES string of the molecule is CC(Nc1nc(=O)n(C)c2ccc(Nc3ccnc(Cl)c3C#N)cc12)C1CC1. The van der Waals surface area contributed by atoms with Crippen molar-refractivity contribution in [1.29, 1.82) is 5.26 Å². The van der Waals surface area contributed by atoms with Crippen molar-refractivity contribution >= 4 is 39.7 Å². The molecule has 0 radical (unpaired) electrons. The summed E-state index contributed by atoms with van der Waals surface area (Å²) in [5, 5.41) is 16.9. The fraction of sp³-hybridized carbons (Fsp3) is 0.300. The molecule has 1 fully saturated rings. The van der Waals surface area contributed by atoms with Gasteiger partial charge in [-0.2, -0.15) is 10.2 Å². The monoisotopic (exact) mass is 394 g/mol. The molecule has 7 nitrogen and oxygen atoms in total. The van der Waals surface area contributed by atoms with Crippen molar-refractivity contribution in [3.05, 3.63) is 51.7 Å². The first-order chi connectivity index (χ1) is 13.5. The molecule has 1 aromatic carbocycles. The molecule has 2 aromatic heterocycles. The van der Waals surface area contributed by atoms with Gasteiger partial charge >= 0.3 is 5.69 Å². The molecular weight excluding hydrogens is 376 g/mol. The van der Waals surface area contributed by atoms with Crippen molar-refractivity contribution in [2.45, 2.75) is 25.8 Å². The Morgan fingerprint density at radius 1 is 1.36 bits per heavy atom. The van der Waals surface area contributed by atoms with E-state index in [-0.39, 0.29) is 22.4 Å². The van der Waals surface area contributed by atoms with Gasteiger partial charge in [0.25, 0.3) is 0 Å². The summed E-state index contributed by atoms with van der Waals surface area (Å²) in [5.41, 5.74) is 2.09. The lowest BCUT2D eigenvalue weighted by Gasteiger charge is -2.17. The Hall–Kier alpha value is -3.11. The van der Waals surface area contributed by atoms with E-state index >= 15 is 0 Å². The van der Waals surface area contributed by atoms with Crippen LogP contribution in [-0.2, 0) is 7.05 Å². The summed E-state index contributed by atoms with van der Waals surface area (Å²) < 4.78 is 1.52. The zero-order valence-corrected chi connectivity index (χ0v) is 16.3. The molecule has 0 spiro atoms. The second-order valence-electron chi connectivity index (χ2n) is 7.07. The van der Waals surface area contributed by atoms with E-state index < -0.39 is 0 Å². The van der Waals surface area contributed by atoms with Crippen molar-refractivity contribution in [3.8, 4) is 6.07 Å². The fourth-order valence-corrected chi connectivity index (χ4v) is 3.47. The number of halogens is 1. The van der Waals surface area contributed by atoms with E-state index in [1.54, 1.807) is 19.3 Å². The zero-order valence-electron chi connectivity index (χ0n) is 15.5. The number of pyridine rings is 1. The van der Waals surface area contributed by atoms with E-state index in [1.165, 1.54) is 17.4 Å². The third-order valence-corrected chi connectivity index (χ3v) is 5.38. The van der Waals surface area contributed by atoms with Crippen LogP contribution in [0.3, 0.4) is 0 Å². The van der Waals surface area contributed by atoms with Gasteiger partial charge in [-0.25, -0.2) is 9.78 Å². The number of hydrogen-bond donors (Lipinski definition) is 2. The van der Waals surface area contributed by atoms with E-state index in [2.05, 4.69) is 33.6 Å². The molecule has 1 atom stereocenters. The highest BCUT2D eigenvalue weighted by Crippen LogP contribution is 2.35. The lowest BCUT2D eigenvalue weighted by molar-refractivity contribution is 0.689. The maximum absolute atomic E-state index is 12.3. The van der Waals surface area contributed by atoms with Crippen molar-refractivity contribution in [3.63, 3.8) is 0 Å². The van der Waals surface area contributed by atoms with Crippen LogP contribution in [0, 0.1) is 17.2 Å². The number of fused-ring (bicyclic) bond motifs is 1. The minimum atomic E-state index is -0.300. The Labute approximate surface area is 167 Å². The molecule has 2 heterocycles. The summed E-state index contributed by atoms with van der Waals surface area (Å²) in [6.07, 6.45) is 3.94. The molecule has 142 valence electrons. The normalized spacial score (nSPS) is 14.5. The van der Waals surface area contributed by atoms with Crippen LogP contribution >= 0.6 is 11.6 Å². The van der Waals surface area contributed by atoms with Gasteiger partial charge in [0.15, 0.2) is 0 Å². The molecule has 28 heavy (non-hydrogen) atoms. The standard InChI is InChI=1S/C20H19ClN6O/c1-11(12-3-4-12)24-19-14-9-13(5-6-17(14)27(2)20(28)26-19)25-16-7-8-23-18(21)15(16)10-22/h5-9,11-12H,3-4H2,1-2H3,(H,23,25)(H,24,26,28). The molecule has 1 aliphatic rings. The first kappa shape index (κ1) is 18.3. The summed E-state index contributed by atoms with van der Waals surface area (Å²) in [5.74, 6) is 1.20. The van der Waals surface area contributed by atoms with Gasteiger partial charge in [0.1, 0.15) is 22.6 Å². The lowest BCUT2D eigenvalue weighted by atomic mass is 10.1.